The maximum absolute atomic E-state index is 12.8. The van der Waals surface area contributed by atoms with Crippen LogP contribution in [-0.4, -0.2) is 53.8 Å². The highest BCUT2D eigenvalue weighted by Gasteiger charge is 2.37. The van der Waals surface area contributed by atoms with Gasteiger partial charge in [0.1, 0.15) is 19.8 Å². The van der Waals surface area contributed by atoms with Crippen LogP contribution in [0.3, 0.4) is 0 Å². The maximum Gasteiger partial charge on any atom is 0.262 e. The topological polar surface area (TPSA) is 76.2 Å². The number of fused-ring (bicyclic) bond motifs is 3. The molecule has 0 aromatic heterocycles. The average Bonchev–Trinajstić information content (AvgIpc) is 2.97. The average molecular weight is 378 g/mol. The molecule has 0 spiro atoms. The van der Waals surface area contributed by atoms with Gasteiger partial charge in [0.15, 0.2) is 11.5 Å². The number of nitrogens with zero attached hydrogens (tertiary/aromatic N) is 2. The lowest BCUT2D eigenvalue weighted by Gasteiger charge is -2.31. The number of ether oxygens (including phenoxy) is 2. The highest BCUT2D eigenvalue weighted by atomic mass is 16.6. The fourth-order valence-electron chi connectivity index (χ4n) is 3.92. The van der Waals surface area contributed by atoms with E-state index < -0.39 is 11.8 Å². The van der Waals surface area contributed by atoms with Crippen molar-refractivity contribution >= 4 is 17.7 Å². The van der Waals surface area contributed by atoms with Crippen LogP contribution in [-0.2, 0) is 17.8 Å². The fraction of sp³-hybridized carbons (Fsp3) is 0.286. The minimum absolute atomic E-state index is 0.241. The van der Waals surface area contributed by atoms with Gasteiger partial charge in [0.25, 0.3) is 11.8 Å². The van der Waals surface area contributed by atoms with E-state index in [1.165, 1.54) is 0 Å². The van der Waals surface area contributed by atoms with E-state index in [2.05, 4.69) is 0 Å². The first-order valence-corrected chi connectivity index (χ1v) is 9.26. The molecule has 7 heteroatoms. The molecule has 3 amide bonds. The Morgan fingerprint density at radius 2 is 1.54 bits per heavy atom. The molecule has 7 nitrogen and oxygen atoms in total. The van der Waals surface area contributed by atoms with Crippen molar-refractivity contribution in [1.29, 1.82) is 0 Å². The molecule has 3 aliphatic rings. The van der Waals surface area contributed by atoms with Crippen molar-refractivity contribution in [3.63, 3.8) is 0 Å². The Kier molecular flexibility index (Phi) is 3.82. The van der Waals surface area contributed by atoms with Crippen LogP contribution < -0.4 is 9.47 Å². The Bertz CT molecular complexity index is 981. The third-order valence-corrected chi connectivity index (χ3v) is 5.40. The lowest BCUT2D eigenvalue weighted by molar-refractivity contribution is -0.132. The van der Waals surface area contributed by atoms with Crippen LogP contribution in [0.15, 0.2) is 36.4 Å². The van der Waals surface area contributed by atoms with Gasteiger partial charge < -0.3 is 14.4 Å². The number of hydrogen-bond acceptors (Lipinski definition) is 5. The number of carbonyl (C=O) groups excluding carboxylic acids is 3. The molecule has 2 aromatic rings. The van der Waals surface area contributed by atoms with Gasteiger partial charge in [-0.25, -0.2) is 0 Å². The number of carbonyl (C=O) groups is 3. The lowest BCUT2D eigenvalue weighted by Crippen LogP contribution is -2.44. The normalized spacial score (nSPS) is 17.4. The summed E-state index contributed by atoms with van der Waals surface area (Å²) in [6.45, 7) is 1.76. The molecule has 0 unspecified atom stereocenters. The zero-order chi connectivity index (χ0) is 19.3. The van der Waals surface area contributed by atoms with Gasteiger partial charge in [-0.05, 0) is 41.8 Å². The summed E-state index contributed by atoms with van der Waals surface area (Å²) in [5.74, 6) is 0.377. The molecular formula is C21H18N2O5. The van der Waals surface area contributed by atoms with Gasteiger partial charge in [-0.3, -0.25) is 19.3 Å². The van der Waals surface area contributed by atoms with E-state index in [0.717, 1.165) is 21.8 Å². The standard InChI is InChI=1S/C21H18N2O5/c24-19(12-23-20(25)15-3-1-2-4-16(15)21(23)26)22-6-5-13-9-17-18(10-14(13)11-22)28-8-7-27-17/h1-4,9-10H,5-8,11-12H2. The van der Waals surface area contributed by atoms with Crippen molar-refractivity contribution in [3.05, 3.63) is 58.7 Å². The highest BCUT2D eigenvalue weighted by Crippen LogP contribution is 2.35. The summed E-state index contributed by atoms with van der Waals surface area (Å²) in [7, 11) is 0. The smallest absolute Gasteiger partial charge is 0.262 e. The molecule has 0 saturated carbocycles. The minimum Gasteiger partial charge on any atom is -0.486 e. The highest BCUT2D eigenvalue weighted by molar-refractivity contribution is 6.22. The zero-order valence-electron chi connectivity index (χ0n) is 15.1. The first-order chi connectivity index (χ1) is 13.6. The molecule has 0 radical (unpaired) electrons. The molecular weight excluding hydrogens is 360 g/mol. The van der Waals surface area contributed by atoms with E-state index in [4.69, 9.17) is 9.47 Å². The van der Waals surface area contributed by atoms with Gasteiger partial charge in [-0.2, -0.15) is 0 Å². The molecule has 3 heterocycles. The monoisotopic (exact) mass is 378 g/mol. The van der Waals surface area contributed by atoms with Crippen LogP contribution >= 0.6 is 0 Å². The van der Waals surface area contributed by atoms with Gasteiger partial charge in [0.05, 0.1) is 11.1 Å². The predicted molar refractivity (Wildman–Crippen MR) is 98.4 cm³/mol. The van der Waals surface area contributed by atoms with E-state index in [-0.39, 0.29) is 12.5 Å². The van der Waals surface area contributed by atoms with Crippen molar-refractivity contribution in [2.24, 2.45) is 0 Å². The van der Waals surface area contributed by atoms with Gasteiger partial charge >= 0.3 is 0 Å². The van der Waals surface area contributed by atoms with Crippen LogP contribution in [0, 0.1) is 0 Å². The van der Waals surface area contributed by atoms with Crippen LogP contribution in [0.1, 0.15) is 31.8 Å². The summed E-state index contributed by atoms with van der Waals surface area (Å²) >= 11 is 0. The molecule has 0 aliphatic carbocycles. The van der Waals surface area contributed by atoms with Crippen molar-refractivity contribution in [3.8, 4) is 11.5 Å². The molecule has 0 N–H and O–H groups in total. The van der Waals surface area contributed by atoms with Crippen LogP contribution in [0.5, 0.6) is 11.5 Å². The summed E-state index contributed by atoms with van der Waals surface area (Å²) in [4.78, 5) is 40.5. The molecule has 142 valence electrons. The third-order valence-electron chi connectivity index (χ3n) is 5.40. The fourth-order valence-corrected chi connectivity index (χ4v) is 3.92. The molecule has 0 atom stereocenters. The van der Waals surface area contributed by atoms with Crippen LogP contribution in [0.25, 0.3) is 0 Å². The van der Waals surface area contributed by atoms with Crippen molar-refractivity contribution in [2.75, 3.05) is 26.3 Å². The molecule has 3 aliphatic heterocycles. The maximum atomic E-state index is 12.8. The lowest BCUT2D eigenvalue weighted by atomic mass is 9.98. The van der Waals surface area contributed by atoms with Crippen LogP contribution in [0.4, 0.5) is 0 Å². The number of benzene rings is 2. The van der Waals surface area contributed by atoms with Gasteiger partial charge in [0, 0.05) is 13.1 Å². The van der Waals surface area contributed by atoms with Crippen molar-refractivity contribution in [2.45, 2.75) is 13.0 Å². The third kappa shape index (κ3) is 2.62. The van der Waals surface area contributed by atoms with Gasteiger partial charge in [-0.1, -0.05) is 12.1 Å². The van der Waals surface area contributed by atoms with Gasteiger partial charge in [-0.15, -0.1) is 0 Å². The Morgan fingerprint density at radius 3 is 2.18 bits per heavy atom. The zero-order valence-corrected chi connectivity index (χ0v) is 15.1. The Hall–Kier alpha value is -3.35. The molecule has 0 saturated heterocycles. The summed E-state index contributed by atoms with van der Waals surface area (Å²) in [6, 6.07) is 10.6. The largest absolute Gasteiger partial charge is 0.486 e. The number of imide groups is 1. The number of amides is 3. The van der Waals surface area contributed by atoms with Crippen molar-refractivity contribution < 1.29 is 23.9 Å². The second-order valence-corrected chi connectivity index (χ2v) is 7.07. The SMILES string of the molecule is O=C(CN1C(=O)c2ccccc2C1=O)N1CCc2cc3c(cc2C1)OCCO3. The van der Waals surface area contributed by atoms with Crippen LogP contribution in [0.2, 0.25) is 0 Å². The number of rotatable bonds is 2. The summed E-state index contributed by atoms with van der Waals surface area (Å²) in [5.41, 5.74) is 2.85. The summed E-state index contributed by atoms with van der Waals surface area (Å²) in [6.07, 6.45) is 0.694. The van der Waals surface area contributed by atoms with E-state index in [9.17, 15) is 14.4 Å². The van der Waals surface area contributed by atoms with E-state index in [0.29, 0.717) is 49.6 Å². The van der Waals surface area contributed by atoms with Crippen molar-refractivity contribution in [1.82, 2.24) is 9.80 Å². The van der Waals surface area contributed by atoms with E-state index >= 15 is 0 Å². The first-order valence-electron chi connectivity index (χ1n) is 9.26. The minimum atomic E-state index is -0.411. The second kappa shape index (κ2) is 6.37. The predicted octanol–water partition coefficient (Wildman–Crippen LogP) is 1.64. The molecule has 28 heavy (non-hydrogen) atoms. The Labute approximate surface area is 161 Å². The quantitative estimate of drug-likeness (QED) is 0.743. The first kappa shape index (κ1) is 16.8. The Morgan fingerprint density at radius 1 is 0.929 bits per heavy atom. The molecule has 0 fully saturated rings. The Balaban J connectivity index is 1.32. The van der Waals surface area contributed by atoms with E-state index in [1.54, 1.807) is 29.2 Å². The number of hydrogen-bond donors (Lipinski definition) is 0. The van der Waals surface area contributed by atoms with E-state index in [1.807, 2.05) is 12.1 Å². The molecule has 2 aromatic carbocycles. The second-order valence-electron chi connectivity index (χ2n) is 7.07. The summed E-state index contributed by atoms with van der Waals surface area (Å²) in [5, 5.41) is 0. The molecule has 5 rings (SSSR count). The molecule has 0 bridgehead atoms. The van der Waals surface area contributed by atoms with Gasteiger partial charge in [0.2, 0.25) is 5.91 Å². The summed E-state index contributed by atoms with van der Waals surface area (Å²) < 4.78 is 11.3.